The summed E-state index contributed by atoms with van der Waals surface area (Å²) in [6, 6.07) is 7.23. The Kier molecular flexibility index (Phi) is 4.22. The fourth-order valence-electron chi connectivity index (χ4n) is 2.11. The molecule has 1 saturated heterocycles. The van der Waals surface area contributed by atoms with Gasteiger partial charge < -0.3 is 13.9 Å². The molecule has 6 heteroatoms. The molecular weight excluding hydrogens is 294 g/mol. The third-order valence-corrected chi connectivity index (χ3v) is 3.46. The Labute approximate surface area is 126 Å². The maximum atomic E-state index is 11.7. The monoisotopic (exact) mass is 307 g/mol. The summed E-state index contributed by atoms with van der Waals surface area (Å²) < 4.78 is 15.9. The van der Waals surface area contributed by atoms with Gasteiger partial charge in [-0.05, 0) is 37.1 Å². The van der Waals surface area contributed by atoms with Crippen LogP contribution in [0.2, 0.25) is 5.02 Å². The Morgan fingerprint density at radius 1 is 1.38 bits per heavy atom. The van der Waals surface area contributed by atoms with E-state index in [9.17, 15) is 4.79 Å². The first kappa shape index (κ1) is 14.1. The second-order valence-corrected chi connectivity index (χ2v) is 5.17. The van der Waals surface area contributed by atoms with Crippen molar-refractivity contribution in [3.05, 3.63) is 41.4 Å². The largest absolute Gasteiger partial charge is 0.454 e. The lowest BCUT2D eigenvalue weighted by atomic mass is 10.2. The van der Waals surface area contributed by atoms with Crippen LogP contribution in [0.25, 0.3) is 11.3 Å². The second-order valence-electron chi connectivity index (χ2n) is 4.73. The van der Waals surface area contributed by atoms with E-state index in [1.54, 1.807) is 18.3 Å². The van der Waals surface area contributed by atoms with Crippen LogP contribution in [0.1, 0.15) is 18.7 Å². The molecule has 3 rings (SSSR count). The zero-order chi connectivity index (χ0) is 14.7. The van der Waals surface area contributed by atoms with Crippen molar-refractivity contribution in [2.45, 2.75) is 25.6 Å². The maximum absolute atomic E-state index is 11.7. The molecule has 1 aliphatic rings. The van der Waals surface area contributed by atoms with Crippen LogP contribution in [0, 0.1) is 0 Å². The first-order valence-corrected chi connectivity index (χ1v) is 7.09. The SMILES string of the molecule is O=C(OCc1ncc(-c2ccc(Cl)cc2)o1)[C@H]1CCCO1. The van der Waals surface area contributed by atoms with Crippen molar-refractivity contribution in [3.63, 3.8) is 0 Å². The van der Waals surface area contributed by atoms with Gasteiger partial charge in [-0.1, -0.05) is 11.6 Å². The van der Waals surface area contributed by atoms with Crippen LogP contribution in [0.5, 0.6) is 0 Å². The molecule has 0 bridgehead atoms. The van der Waals surface area contributed by atoms with Gasteiger partial charge in [0.1, 0.15) is 0 Å². The average molecular weight is 308 g/mol. The number of nitrogens with zero attached hydrogens (tertiary/aromatic N) is 1. The minimum atomic E-state index is -0.448. The van der Waals surface area contributed by atoms with Crippen LogP contribution < -0.4 is 0 Å². The average Bonchev–Trinajstić information content (AvgIpc) is 3.17. The highest BCUT2D eigenvalue weighted by molar-refractivity contribution is 6.30. The molecule has 1 aliphatic heterocycles. The molecule has 0 spiro atoms. The van der Waals surface area contributed by atoms with Gasteiger partial charge in [0.05, 0.1) is 6.20 Å². The molecule has 0 aliphatic carbocycles. The highest BCUT2D eigenvalue weighted by Gasteiger charge is 2.25. The normalized spacial score (nSPS) is 17.9. The van der Waals surface area contributed by atoms with Crippen LogP contribution in [0.3, 0.4) is 0 Å². The predicted molar refractivity (Wildman–Crippen MR) is 75.7 cm³/mol. The molecule has 0 amide bonds. The summed E-state index contributed by atoms with van der Waals surface area (Å²) in [5, 5.41) is 0.656. The molecule has 1 atom stereocenters. The van der Waals surface area contributed by atoms with Gasteiger partial charge >= 0.3 is 5.97 Å². The number of carbonyl (C=O) groups is 1. The summed E-state index contributed by atoms with van der Waals surface area (Å²) >= 11 is 5.84. The number of benzene rings is 1. The summed E-state index contributed by atoms with van der Waals surface area (Å²) in [5.41, 5.74) is 0.864. The van der Waals surface area contributed by atoms with Crippen molar-refractivity contribution in [2.75, 3.05) is 6.61 Å². The zero-order valence-corrected chi connectivity index (χ0v) is 12.0. The summed E-state index contributed by atoms with van der Waals surface area (Å²) in [7, 11) is 0. The molecule has 21 heavy (non-hydrogen) atoms. The number of aromatic nitrogens is 1. The lowest BCUT2D eigenvalue weighted by Gasteiger charge is -2.07. The number of rotatable bonds is 4. The van der Waals surface area contributed by atoms with E-state index >= 15 is 0 Å². The number of hydrogen-bond donors (Lipinski definition) is 0. The topological polar surface area (TPSA) is 61.6 Å². The molecular formula is C15H14ClNO4. The van der Waals surface area contributed by atoms with Crippen molar-refractivity contribution in [3.8, 4) is 11.3 Å². The molecule has 2 heterocycles. The van der Waals surface area contributed by atoms with Gasteiger partial charge in [-0.25, -0.2) is 9.78 Å². The Morgan fingerprint density at radius 2 is 2.19 bits per heavy atom. The number of ether oxygens (including phenoxy) is 2. The number of carbonyl (C=O) groups excluding carboxylic acids is 1. The first-order valence-electron chi connectivity index (χ1n) is 6.71. The molecule has 5 nitrogen and oxygen atoms in total. The fourth-order valence-corrected chi connectivity index (χ4v) is 2.24. The van der Waals surface area contributed by atoms with Crippen molar-refractivity contribution >= 4 is 17.6 Å². The van der Waals surface area contributed by atoms with Crippen LogP contribution >= 0.6 is 11.6 Å². The van der Waals surface area contributed by atoms with Crippen LogP contribution in [-0.4, -0.2) is 23.7 Å². The van der Waals surface area contributed by atoms with Crippen molar-refractivity contribution < 1.29 is 18.7 Å². The maximum Gasteiger partial charge on any atom is 0.335 e. The Morgan fingerprint density at radius 3 is 2.90 bits per heavy atom. The number of hydrogen-bond acceptors (Lipinski definition) is 5. The summed E-state index contributed by atoms with van der Waals surface area (Å²) in [6.07, 6.45) is 2.74. The minimum Gasteiger partial charge on any atom is -0.454 e. The van der Waals surface area contributed by atoms with E-state index < -0.39 is 6.10 Å². The summed E-state index contributed by atoms with van der Waals surface area (Å²) in [4.78, 5) is 15.8. The van der Waals surface area contributed by atoms with E-state index in [-0.39, 0.29) is 12.6 Å². The van der Waals surface area contributed by atoms with Gasteiger partial charge in [0.2, 0.25) is 5.89 Å². The summed E-state index contributed by atoms with van der Waals surface area (Å²) in [6.45, 7) is 0.617. The van der Waals surface area contributed by atoms with E-state index in [0.717, 1.165) is 12.0 Å². The number of oxazole rings is 1. The van der Waals surface area contributed by atoms with E-state index in [4.69, 9.17) is 25.5 Å². The fraction of sp³-hybridized carbons (Fsp3) is 0.333. The van der Waals surface area contributed by atoms with Crippen LogP contribution in [-0.2, 0) is 20.9 Å². The van der Waals surface area contributed by atoms with Gasteiger partial charge in [0.25, 0.3) is 0 Å². The van der Waals surface area contributed by atoms with Gasteiger partial charge in [-0.3, -0.25) is 0 Å². The Bertz CT molecular complexity index is 617. The van der Waals surface area contributed by atoms with E-state index in [0.29, 0.717) is 29.7 Å². The Hall–Kier alpha value is -1.85. The van der Waals surface area contributed by atoms with E-state index in [2.05, 4.69) is 4.98 Å². The highest BCUT2D eigenvalue weighted by Crippen LogP contribution is 2.22. The second kappa shape index (κ2) is 6.28. The standard InChI is InChI=1S/C15H14ClNO4/c16-11-5-3-10(4-6-11)13-8-17-14(21-13)9-20-15(18)12-2-1-7-19-12/h3-6,8,12H,1-2,7,9H2/t12-/m1/s1. The number of halogens is 1. The van der Waals surface area contributed by atoms with Crippen molar-refractivity contribution in [2.24, 2.45) is 0 Å². The first-order chi connectivity index (χ1) is 10.2. The van der Waals surface area contributed by atoms with Gasteiger partial charge in [-0.15, -0.1) is 0 Å². The molecule has 1 aromatic heterocycles. The predicted octanol–water partition coefficient (Wildman–Crippen LogP) is 3.22. The highest BCUT2D eigenvalue weighted by atomic mass is 35.5. The van der Waals surface area contributed by atoms with Gasteiger partial charge in [-0.2, -0.15) is 0 Å². The molecule has 1 fully saturated rings. The molecule has 0 radical (unpaired) electrons. The third kappa shape index (κ3) is 3.43. The molecule has 0 saturated carbocycles. The van der Waals surface area contributed by atoms with Crippen molar-refractivity contribution in [1.82, 2.24) is 4.98 Å². The molecule has 2 aromatic rings. The van der Waals surface area contributed by atoms with Gasteiger partial charge in [0.15, 0.2) is 18.5 Å². The molecule has 0 N–H and O–H groups in total. The number of esters is 1. The van der Waals surface area contributed by atoms with Crippen LogP contribution in [0.4, 0.5) is 0 Å². The zero-order valence-electron chi connectivity index (χ0n) is 11.3. The van der Waals surface area contributed by atoms with E-state index in [1.165, 1.54) is 0 Å². The van der Waals surface area contributed by atoms with E-state index in [1.807, 2.05) is 12.1 Å². The van der Waals surface area contributed by atoms with Crippen LogP contribution in [0.15, 0.2) is 34.9 Å². The Balaban J connectivity index is 1.60. The molecule has 1 aromatic carbocycles. The lowest BCUT2D eigenvalue weighted by molar-refractivity contribution is -0.156. The molecule has 0 unspecified atom stereocenters. The molecule has 110 valence electrons. The smallest absolute Gasteiger partial charge is 0.335 e. The van der Waals surface area contributed by atoms with Gasteiger partial charge in [0, 0.05) is 17.2 Å². The minimum absolute atomic E-state index is 0.00623. The van der Waals surface area contributed by atoms with Crippen molar-refractivity contribution in [1.29, 1.82) is 0 Å². The summed E-state index contributed by atoms with van der Waals surface area (Å²) in [5.74, 6) is 0.597. The lowest BCUT2D eigenvalue weighted by Crippen LogP contribution is -2.21. The quantitative estimate of drug-likeness (QED) is 0.812. The third-order valence-electron chi connectivity index (χ3n) is 3.21.